The van der Waals surface area contributed by atoms with Crippen LogP contribution in [-0.2, 0) is 16.1 Å². The summed E-state index contributed by atoms with van der Waals surface area (Å²) in [4.78, 5) is 14.1. The first-order valence-electron chi connectivity index (χ1n) is 8.68. The smallest absolute Gasteiger partial charge is 0.222 e. The van der Waals surface area contributed by atoms with Gasteiger partial charge in [-0.1, -0.05) is 6.07 Å². The molecule has 0 spiro atoms. The predicted molar refractivity (Wildman–Crippen MR) is 86.4 cm³/mol. The number of likely N-dealkylation sites (tertiary alicyclic amines) is 1. The van der Waals surface area contributed by atoms with E-state index in [9.17, 15) is 13.6 Å². The van der Waals surface area contributed by atoms with Gasteiger partial charge in [-0.05, 0) is 44.4 Å². The van der Waals surface area contributed by atoms with Gasteiger partial charge in [-0.25, -0.2) is 8.78 Å². The molecule has 0 unspecified atom stereocenters. The molecular formula is C18H24F2N2O2. The Morgan fingerprint density at radius 1 is 1.25 bits per heavy atom. The van der Waals surface area contributed by atoms with E-state index in [1.807, 2.05) is 4.90 Å². The van der Waals surface area contributed by atoms with Crippen LogP contribution >= 0.6 is 0 Å². The van der Waals surface area contributed by atoms with E-state index in [-0.39, 0.29) is 30.2 Å². The Balaban J connectivity index is 1.51. The third-order valence-corrected chi connectivity index (χ3v) is 4.75. The van der Waals surface area contributed by atoms with Crippen LogP contribution < -0.4 is 5.32 Å². The van der Waals surface area contributed by atoms with Gasteiger partial charge in [0.2, 0.25) is 5.91 Å². The molecule has 4 nitrogen and oxygen atoms in total. The molecule has 6 heteroatoms. The molecular weight excluding hydrogens is 314 g/mol. The standard InChI is InChI=1S/C18H24F2N2O2/c19-16-6-1-7-17(20)15(16)12-22-8-2-4-13(11-22)21-18(23)10-14-5-3-9-24-14/h1,6-7,13-14H,2-5,8-12H2,(H,21,23)/t13-,14-/m0/s1. The summed E-state index contributed by atoms with van der Waals surface area (Å²) in [6, 6.07) is 3.97. The first kappa shape index (κ1) is 17.3. The van der Waals surface area contributed by atoms with Crippen LogP contribution in [0.25, 0.3) is 0 Å². The number of ether oxygens (including phenoxy) is 1. The zero-order valence-electron chi connectivity index (χ0n) is 13.8. The number of benzene rings is 1. The molecule has 0 radical (unpaired) electrons. The van der Waals surface area contributed by atoms with E-state index < -0.39 is 11.6 Å². The Kier molecular flexibility index (Phi) is 5.79. The third-order valence-electron chi connectivity index (χ3n) is 4.75. The molecule has 0 bridgehead atoms. The Morgan fingerprint density at radius 3 is 2.75 bits per heavy atom. The van der Waals surface area contributed by atoms with E-state index in [0.717, 1.165) is 38.8 Å². The molecule has 2 saturated heterocycles. The van der Waals surface area contributed by atoms with Crippen molar-refractivity contribution >= 4 is 5.91 Å². The van der Waals surface area contributed by atoms with Gasteiger partial charge in [0.25, 0.3) is 0 Å². The largest absolute Gasteiger partial charge is 0.378 e. The minimum absolute atomic E-state index is 0.00539. The summed E-state index contributed by atoms with van der Waals surface area (Å²) in [6.07, 6.45) is 4.20. The SMILES string of the molecule is O=C(C[C@@H]1CCCO1)N[C@H]1CCCN(Cc2c(F)cccc2F)C1. The first-order valence-corrected chi connectivity index (χ1v) is 8.68. The summed E-state index contributed by atoms with van der Waals surface area (Å²) in [5, 5.41) is 3.04. The Morgan fingerprint density at radius 2 is 2.04 bits per heavy atom. The van der Waals surface area contributed by atoms with E-state index in [1.54, 1.807) is 0 Å². The van der Waals surface area contributed by atoms with Gasteiger partial charge in [-0.3, -0.25) is 9.69 Å². The molecule has 0 saturated carbocycles. The summed E-state index contributed by atoms with van der Waals surface area (Å²) in [5.74, 6) is -1.02. The number of carbonyl (C=O) groups is 1. The molecule has 1 aromatic rings. The highest BCUT2D eigenvalue weighted by Gasteiger charge is 2.25. The molecule has 132 valence electrons. The van der Waals surface area contributed by atoms with Crippen molar-refractivity contribution in [2.24, 2.45) is 0 Å². The van der Waals surface area contributed by atoms with Crippen LogP contribution in [0.2, 0.25) is 0 Å². The molecule has 0 aliphatic carbocycles. The lowest BCUT2D eigenvalue weighted by Gasteiger charge is -2.33. The number of nitrogens with zero attached hydrogens (tertiary/aromatic N) is 1. The minimum atomic E-state index is -0.514. The van der Waals surface area contributed by atoms with Gasteiger partial charge in [-0.2, -0.15) is 0 Å². The molecule has 0 aromatic heterocycles. The number of carbonyl (C=O) groups excluding carboxylic acids is 1. The van der Waals surface area contributed by atoms with E-state index in [0.29, 0.717) is 13.0 Å². The molecule has 2 heterocycles. The molecule has 24 heavy (non-hydrogen) atoms. The van der Waals surface area contributed by atoms with Gasteiger partial charge in [0.05, 0.1) is 12.5 Å². The van der Waals surface area contributed by atoms with Crippen LogP contribution in [0.1, 0.15) is 37.7 Å². The Labute approximate surface area is 141 Å². The van der Waals surface area contributed by atoms with Crippen LogP contribution in [0.4, 0.5) is 8.78 Å². The summed E-state index contributed by atoms with van der Waals surface area (Å²) in [7, 11) is 0. The van der Waals surface area contributed by atoms with E-state index >= 15 is 0 Å². The number of amides is 1. The fourth-order valence-electron chi connectivity index (χ4n) is 3.52. The van der Waals surface area contributed by atoms with Crippen molar-refractivity contribution in [3.63, 3.8) is 0 Å². The number of hydrogen-bond acceptors (Lipinski definition) is 3. The van der Waals surface area contributed by atoms with Gasteiger partial charge in [-0.15, -0.1) is 0 Å². The van der Waals surface area contributed by atoms with Crippen molar-refractivity contribution in [1.29, 1.82) is 0 Å². The second-order valence-corrected chi connectivity index (χ2v) is 6.68. The molecule has 2 fully saturated rings. The second kappa shape index (κ2) is 8.03. The zero-order valence-corrected chi connectivity index (χ0v) is 13.8. The van der Waals surface area contributed by atoms with E-state index in [2.05, 4.69) is 5.32 Å². The Hall–Kier alpha value is -1.53. The van der Waals surface area contributed by atoms with Gasteiger partial charge < -0.3 is 10.1 Å². The fraction of sp³-hybridized carbons (Fsp3) is 0.611. The highest BCUT2D eigenvalue weighted by molar-refractivity contribution is 5.76. The van der Waals surface area contributed by atoms with Crippen molar-refractivity contribution in [3.05, 3.63) is 35.4 Å². The molecule has 3 rings (SSSR count). The lowest BCUT2D eigenvalue weighted by Crippen LogP contribution is -2.48. The number of rotatable bonds is 5. The lowest BCUT2D eigenvalue weighted by molar-refractivity contribution is -0.124. The van der Waals surface area contributed by atoms with Gasteiger partial charge in [0.1, 0.15) is 11.6 Å². The number of nitrogens with one attached hydrogen (secondary N) is 1. The predicted octanol–water partition coefficient (Wildman–Crippen LogP) is 2.61. The zero-order chi connectivity index (χ0) is 16.9. The second-order valence-electron chi connectivity index (χ2n) is 6.68. The van der Waals surface area contributed by atoms with Gasteiger partial charge in [0, 0.05) is 31.3 Å². The highest BCUT2D eigenvalue weighted by atomic mass is 19.1. The summed E-state index contributed by atoms with van der Waals surface area (Å²) in [6.45, 7) is 2.37. The molecule has 2 aliphatic rings. The number of halogens is 2. The molecule has 2 atom stereocenters. The Bertz CT molecular complexity index is 556. The average molecular weight is 338 g/mol. The molecule has 1 N–H and O–H groups in total. The van der Waals surface area contributed by atoms with E-state index in [1.165, 1.54) is 18.2 Å². The first-order chi connectivity index (χ1) is 11.6. The van der Waals surface area contributed by atoms with Crippen LogP contribution in [0, 0.1) is 11.6 Å². The quantitative estimate of drug-likeness (QED) is 0.897. The van der Waals surface area contributed by atoms with Crippen LogP contribution in [-0.4, -0.2) is 42.6 Å². The van der Waals surface area contributed by atoms with Crippen molar-refractivity contribution < 1.29 is 18.3 Å². The fourth-order valence-corrected chi connectivity index (χ4v) is 3.52. The maximum Gasteiger partial charge on any atom is 0.222 e. The van der Waals surface area contributed by atoms with E-state index in [4.69, 9.17) is 4.74 Å². The average Bonchev–Trinajstić information content (AvgIpc) is 3.04. The van der Waals surface area contributed by atoms with Crippen LogP contribution in [0.15, 0.2) is 18.2 Å². The molecule has 2 aliphatic heterocycles. The lowest BCUT2D eigenvalue weighted by atomic mass is 10.0. The third kappa shape index (κ3) is 4.51. The highest BCUT2D eigenvalue weighted by Crippen LogP contribution is 2.19. The topological polar surface area (TPSA) is 41.6 Å². The number of piperidine rings is 1. The normalized spacial score (nSPS) is 24.9. The monoisotopic (exact) mass is 338 g/mol. The number of hydrogen-bond donors (Lipinski definition) is 1. The van der Waals surface area contributed by atoms with Crippen molar-refractivity contribution in [1.82, 2.24) is 10.2 Å². The maximum atomic E-state index is 13.8. The van der Waals surface area contributed by atoms with Gasteiger partial charge >= 0.3 is 0 Å². The van der Waals surface area contributed by atoms with Crippen molar-refractivity contribution in [3.8, 4) is 0 Å². The van der Waals surface area contributed by atoms with Crippen LogP contribution in [0.5, 0.6) is 0 Å². The van der Waals surface area contributed by atoms with Crippen LogP contribution in [0.3, 0.4) is 0 Å². The summed E-state index contributed by atoms with van der Waals surface area (Å²) < 4.78 is 33.1. The van der Waals surface area contributed by atoms with Crippen molar-refractivity contribution in [2.45, 2.75) is 50.8 Å². The van der Waals surface area contributed by atoms with Gasteiger partial charge in [0.15, 0.2) is 0 Å². The summed E-state index contributed by atoms with van der Waals surface area (Å²) in [5.41, 5.74) is 0.101. The molecule has 1 amide bonds. The minimum Gasteiger partial charge on any atom is -0.378 e. The summed E-state index contributed by atoms with van der Waals surface area (Å²) >= 11 is 0. The maximum absolute atomic E-state index is 13.8. The van der Waals surface area contributed by atoms with Crippen molar-refractivity contribution in [2.75, 3.05) is 19.7 Å². The molecule has 1 aromatic carbocycles.